The smallest absolute Gasteiger partial charge is 0.361 e. The predicted octanol–water partition coefficient (Wildman–Crippen LogP) is 4.02. The highest BCUT2D eigenvalue weighted by molar-refractivity contribution is 6.35. The molecule has 0 atom stereocenters. The molecule has 4 aromatic heterocycles. The van der Waals surface area contributed by atoms with Crippen molar-refractivity contribution in [1.29, 1.82) is 0 Å². The number of benzene rings is 1. The number of halogens is 1. The van der Waals surface area contributed by atoms with E-state index >= 15 is 0 Å². The summed E-state index contributed by atoms with van der Waals surface area (Å²) in [7, 11) is 3.69. The fourth-order valence-electron chi connectivity index (χ4n) is 3.67. The van der Waals surface area contributed by atoms with Crippen LogP contribution in [0.1, 0.15) is 16.1 Å². The third kappa shape index (κ3) is 4.08. The van der Waals surface area contributed by atoms with Gasteiger partial charge >= 0.3 is 5.97 Å². The van der Waals surface area contributed by atoms with Gasteiger partial charge in [0, 0.05) is 55.4 Å². The van der Waals surface area contributed by atoms with Crippen molar-refractivity contribution >= 4 is 34.3 Å². The number of nitrogens with two attached hydrogens (primary N) is 1. The van der Waals surface area contributed by atoms with E-state index in [-0.39, 0.29) is 18.1 Å². The molecule has 2 N–H and O–H groups in total. The van der Waals surface area contributed by atoms with Crippen LogP contribution in [0.25, 0.3) is 33.5 Å². The number of esters is 1. The van der Waals surface area contributed by atoms with Crippen molar-refractivity contribution in [2.24, 2.45) is 14.1 Å². The third-order valence-corrected chi connectivity index (χ3v) is 5.56. The van der Waals surface area contributed by atoms with E-state index in [1.165, 1.54) is 0 Å². The molecule has 9 nitrogen and oxygen atoms in total. The molecule has 170 valence electrons. The standard InChI is InChI=1S/C24H20ClN7O2/c1-31-8-5-14(12-31)13-34-24(33)22-23(26)29-21(18-6-9-32(2)30-18)20(28-22)16-10-15-4-3-7-27-19(15)17(25)11-16/h3-12H,13H2,1-2H3,(H2,26,29). The molecule has 0 saturated carbocycles. The highest BCUT2D eigenvalue weighted by Crippen LogP contribution is 2.34. The second-order valence-electron chi connectivity index (χ2n) is 7.82. The lowest BCUT2D eigenvalue weighted by Gasteiger charge is -2.12. The summed E-state index contributed by atoms with van der Waals surface area (Å²) in [6.45, 7) is 0.0889. The van der Waals surface area contributed by atoms with Gasteiger partial charge in [-0.25, -0.2) is 14.8 Å². The lowest BCUT2D eigenvalue weighted by molar-refractivity contribution is 0.0467. The Bertz CT molecular complexity index is 1540. The van der Waals surface area contributed by atoms with E-state index in [4.69, 9.17) is 22.1 Å². The first kappa shape index (κ1) is 21.6. The summed E-state index contributed by atoms with van der Waals surface area (Å²) in [5.41, 5.74) is 9.64. The zero-order valence-electron chi connectivity index (χ0n) is 18.4. The Morgan fingerprint density at radius 1 is 1.12 bits per heavy atom. The Morgan fingerprint density at radius 3 is 2.71 bits per heavy atom. The molecular formula is C24H20ClN7O2. The molecule has 0 aliphatic rings. The number of nitrogens with zero attached hydrogens (tertiary/aromatic N) is 6. The number of aromatic nitrogens is 6. The lowest BCUT2D eigenvalue weighted by atomic mass is 10.0. The lowest BCUT2D eigenvalue weighted by Crippen LogP contribution is -2.14. The number of rotatable bonds is 5. The minimum atomic E-state index is -0.670. The van der Waals surface area contributed by atoms with Crippen LogP contribution >= 0.6 is 11.6 Å². The van der Waals surface area contributed by atoms with Gasteiger partial charge in [-0.3, -0.25) is 9.67 Å². The summed E-state index contributed by atoms with van der Waals surface area (Å²) in [5, 5.41) is 5.71. The maximum atomic E-state index is 12.9. The molecule has 5 aromatic rings. The molecule has 0 amide bonds. The number of hydrogen-bond acceptors (Lipinski definition) is 7. The van der Waals surface area contributed by atoms with E-state index in [9.17, 15) is 4.79 Å². The number of pyridine rings is 1. The number of carbonyl (C=O) groups is 1. The van der Waals surface area contributed by atoms with E-state index in [2.05, 4.69) is 20.1 Å². The summed E-state index contributed by atoms with van der Waals surface area (Å²) in [5.74, 6) is -0.716. The fraction of sp³-hybridized carbons (Fsp3) is 0.125. The van der Waals surface area contributed by atoms with Gasteiger partial charge in [-0.1, -0.05) is 17.7 Å². The van der Waals surface area contributed by atoms with Crippen molar-refractivity contribution in [3.8, 4) is 22.6 Å². The first-order chi connectivity index (χ1) is 16.4. The minimum Gasteiger partial charge on any atom is -0.456 e. The summed E-state index contributed by atoms with van der Waals surface area (Å²) in [4.78, 5) is 26.3. The minimum absolute atomic E-state index is 0.0454. The molecule has 0 saturated heterocycles. The normalized spacial score (nSPS) is 11.1. The van der Waals surface area contributed by atoms with Gasteiger partial charge in [-0.05, 0) is 30.3 Å². The maximum absolute atomic E-state index is 12.9. The molecule has 0 fully saturated rings. The average Bonchev–Trinajstić information content (AvgIpc) is 3.45. The van der Waals surface area contributed by atoms with Crippen molar-refractivity contribution < 1.29 is 9.53 Å². The number of nitrogen functional groups attached to an aromatic ring is 1. The average molecular weight is 474 g/mol. The summed E-state index contributed by atoms with van der Waals surface area (Å²) < 4.78 is 8.97. The van der Waals surface area contributed by atoms with Gasteiger partial charge in [0.25, 0.3) is 0 Å². The van der Waals surface area contributed by atoms with Crippen molar-refractivity contribution in [2.75, 3.05) is 5.73 Å². The van der Waals surface area contributed by atoms with Crippen LogP contribution in [0.3, 0.4) is 0 Å². The van der Waals surface area contributed by atoms with E-state index in [1.54, 1.807) is 36.3 Å². The van der Waals surface area contributed by atoms with Crippen molar-refractivity contribution in [2.45, 2.75) is 6.61 Å². The zero-order chi connectivity index (χ0) is 23.8. The van der Waals surface area contributed by atoms with Gasteiger partial charge in [-0.2, -0.15) is 5.10 Å². The highest BCUT2D eigenvalue weighted by atomic mass is 35.5. The molecule has 0 aliphatic carbocycles. The number of ether oxygens (including phenoxy) is 1. The van der Waals surface area contributed by atoms with Crippen LogP contribution < -0.4 is 5.73 Å². The van der Waals surface area contributed by atoms with Gasteiger partial charge in [-0.15, -0.1) is 0 Å². The highest BCUT2D eigenvalue weighted by Gasteiger charge is 2.23. The Morgan fingerprint density at radius 2 is 1.97 bits per heavy atom. The summed E-state index contributed by atoms with van der Waals surface area (Å²) in [6, 6.07) is 11.0. The molecule has 0 radical (unpaired) electrons. The van der Waals surface area contributed by atoms with E-state index in [1.807, 2.05) is 48.3 Å². The van der Waals surface area contributed by atoms with Crippen LogP contribution in [0.15, 0.2) is 61.2 Å². The largest absolute Gasteiger partial charge is 0.456 e. The summed E-state index contributed by atoms with van der Waals surface area (Å²) in [6.07, 6.45) is 7.20. The number of hydrogen-bond donors (Lipinski definition) is 1. The van der Waals surface area contributed by atoms with Crippen LogP contribution in [0, 0.1) is 0 Å². The number of aryl methyl sites for hydroxylation is 2. The van der Waals surface area contributed by atoms with Crippen molar-refractivity contribution in [3.05, 3.63) is 77.5 Å². The van der Waals surface area contributed by atoms with Crippen LogP contribution in [0.5, 0.6) is 0 Å². The Kier molecular flexibility index (Phi) is 5.46. The SMILES string of the molecule is Cn1ccc(COC(=O)c2nc(-c3cc(Cl)c4ncccc4c3)c(-c3ccn(C)n3)nc2N)c1. The number of fused-ring (bicyclic) bond motifs is 1. The molecule has 0 unspecified atom stereocenters. The molecule has 5 rings (SSSR count). The molecule has 0 aliphatic heterocycles. The van der Waals surface area contributed by atoms with Gasteiger partial charge in [0.2, 0.25) is 0 Å². The Hall–Kier alpha value is -4.24. The second kappa shape index (κ2) is 8.60. The van der Waals surface area contributed by atoms with Gasteiger partial charge in [0.1, 0.15) is 18.0 Å². The monoisotopic (exact) mass is 473 g/mol. The quantitative estimate of drug-likeness (QED) is 0.383. The van der Waals surface area contributed by atoms with Gasteiger partial charge in [0.15, 0.2) is 11.5 Å². The fourth-order valence-corrected chi connectivity index (χ4v) is 3.94. The molecule has 1 aromatic carbocycles. The zero-order valence-corrected chi connectivity index (χ0v) is 19.2. The Labute approximate surface area is 199 Å². The van der Waals surface area contributed by atoms with Crippen LogP contribution in [-0.4, -0.2) is 35.3 Å². The molecule has 34 heavy (non-hydrogen) atoms. The van der Waals surface area contributed by atoms with E-state index in [0.717, 1.165) is 10.9 Å². The maximum Gasteiger partial charge on any atom is 0.361 e. The van der Waals surface area contributed by atoms with Crippen molar-refractivity contribution in [1.82, 2.24) is 29.3 Å². The number of anilines is 1. The van der Waals surface area contributed by atoms with Crippen LogP contribution in [0.4, 0.5) is 5.82 Å². The van der Waals surface area contributed by atoms with E-state index < -0.39 is 5.97 Å². The summed E-state index contributed by atoms with van der Waals surface area (Å²) >= 11 is 6.52. The predicted molar refractivity (Wildman–Crippen MR) is 129 cm³/mol. The first-order valence-electron chi connectivity index (χ1n) is 10.4. The molecule has 0 spiro atoms. The van der Waals surface area contributed by atoms with E-state index in [0.29, 0.717) is 33.2 Å². The van der Waals surface area contributed by atoms with Crippen LogP contribution in [-0.2, 0) is 25.4 Å². The Balaban J connectivity index is 1.61. The first-order valence-corrected chi connectivity index (χ1v) is 10.8. The third-order valence-electron chi connectivity index (χ3n) is 5.27. The molecule has 4 heterocycles. The van der Waals surface area contributed by atoms with Crippen molar-refractivity contribution in [3.63, 3.8) is 0 Å². The number of carbonyl (C=O) groups excluding carboxylic acids is 1. The van der Waals surface area contributed by atoms with Gasteiger partial charge in [0.05, 0.1) is 16.2 Å². The molecule has 0 bridgehead atoms. The molecule has 10 heteroatoms. The second-order valence-corrected chi connectivity index (χ2v) is 8.23. The topological polar surface area (TPSA) is 114 Å². The van der Waals surface area contributed by atoms with Crippen LogP contribution in [0.2, 0.25) is 5.02 Å². The molecular weight excluding hydrogens is 454 g/mol. The van der Waals surface area contributed by atoms with Gasteiger partial charge < -0.3 is 15.0 Å².